The van der Waals surface area contributed by atoms with E-state index in [2.05, 4.69) is 25.9 Å². The number of alkyl halides is 3. The van der Waals surface area contributed by atoms with Gasteiger partial charge in [-0.25, -0.2) is 23.1 Å². The predicted octanol–water partition coefficient (Wildman–Crippen LogP) is 2.26. The highest BCUT2D eigenvalue weighted by Gasteiger charge is 2.84. The van der Waals surface area contributed by atoms with Crippen molar-refractivity contribution in [2.24, 2.45) is 5.92 Å². The van der Waals surface area contributed by atoms with E-state index in [0.717, 1.165) is 14.0 Å². The molecule has 0 radical (unpaired) electrons. The zero-order chi connectivity index (χ0) is 13.7. The van der Waals surface area contributed by atoms with Crippen LogP contribution in [0.2, 0.25) is 0 Å². The van der Waals surface area contributed by atoms with Gasteiger partial charge in [0.15, 0.2) is 0 Å². The Bertz CT molecular complexity index is 496. The number of amides is 1. The van der Waals surface area contributed by atoms with E-state index in [1.54, 1.807) is 0 Å². The molecule has 1 aliphatic carbocycles. The topological polar surface area (TPSA) is 46.1 Å². The van der Waals surface area contributed by atoms with Gasteiger partial charge < -0.3 is 4.90 Å². The van der Waals surface area contributed by atoms with Crippen molar-refractivity contribution in [2.75, 3.05) is 7.05 Å². The van der Waals surface area contributed by atoms with Crippen LogP contribution in [-0.2, 0) is 0 Å². The molecule has 1 heterocycles. The third-order valence-electron chi connectivity index (χ3n) is 3.11. The maximum absolute atomic E-state index is 14.0. The number of hydrogen-bond donors (Lipinski definition) is 0. The first-order chi connectivity index (χ1) is 8.23. The van der Waals surface area contributed by atoms with Gasteiger partial charge in [-0.1, -0.05) is 6.92 Å². The summed E-state index contributed by atoms with van der Waals surface area (Å²) in [5.74, 6) is -9.33. The first kappa shape index (κ1) is 13.3. The van der Waals surface area contributed by atoms with Crippen LogP contribution in [0.4, 0.5) is 13.2 Å². The monoisotopic (exact) mass is 323 g/mol. The molecule has 2 atom stereocenters. The average molecular weight is 324 g/mol. The molecule has 18 heavy (non-hydrogen) atoms. The molecule has 0 saturated heterocycles. The van der Waals surface area contributed by atoms with Crippen molar-refractivity contribution in [1.82, 2.24) is 14.9 Å². The molecule has 0 bridgehead atoms. The molecular formula is C10H9BrF3N3O. The van der Waals surface area contributed by atoms with Crippen LogP contribution in [0.5, 0.6) is 0 Å². The van der Waals surface area contributed by atoms with Crippen LogP contribution < -0.4 is 0 Å². The minimum absolute atomic E-state index is 0.326. The fourth-order valence-electron chi connectivity index (χ4n) is 1.75. The largest absolute Gasteiger partial charge is 0.307 e. The molecule has 2 rings (SSSR count). The molecule has 0 N–H and O–H groups in total. The SMILES string of the molecule is CC1C(F)(F)C1(F)N(C)C(=O)c1ncc(Br)cn1. The lowest BCUT2D eigenvalue weighted by molar-refractivity contribution is -0.0279. The van der Waals surface area contributed by atoms with Crippen molar-refractivity contribution in [3.8, 4) is 0 Å². The summed E-state index contributed by atoms with van der Waals surface area (Å²) in [4.78, 5) is 19.5. The second-order valence-electron chi connectivity index (χ2n) is 4.11. The van der Waals surface area contributed by atoms with Gasteiger partial charge in [0.1, 0.15) is 0 Å². The Labute approximate surface area is 109 Å². The lowest BCUT2D eigenvalue weighted by Crippen LogP contribution is -2.41. The summed E-state index contributed by atoms with van der Waals surface area (Å²) in [5.41, 5.74) is 0. The van der Waals surface area contributed by atoms with Gasteiger partial charge in [0.25, 0.3) is 11.7 Å². The maximum Gasteiger partial charge on any atom is 0.307 e. The molecule has 0 aromatic carbocycles. The molecule has 0 spiro atoms. The van der Waals surface area contributed by atoms with Gasteiger partial charge in [-0.15, -0.1) is 0 Å². The van der Waals surface area contributed by atoms with E-state index in [1.165, 1.54) is 12.4 Å². The number of hydrogen-bond acceptors (Lipinski definition) is 3. The van der Waals surface area contributed by atoms with Crippen LogP contribution in [0.1, 0.15) is 17.5 Å². The second-order valence-corrected chi connectivity index (χ2v) is 5.02. The Morgan fingerprint density at radius 1 is 1.39 bits per heavy atom. The molecule has 8 heteroatoms. The van der Waals surface area contributed by atoms with Crippen LogP contribution in [0.15, 0.2) is 16.9 Å². The summed E-state index contributed by atoms with van der Waals surface area (Å²) < 4.78 is 40.8. The zero-order valence-electron chi connectivity index (χ0n) is 9.49. The molecule has 1 saturated carbocycles. The van der Waals surface area contributed by atoms with Gasteiger partial charge in [0, 0.05) is 19.4 Å². The summed E-state index contributed by atoms with van der Waals surface area (Å²) >= 11 is 3.07. The normalized spacial score (nSPS) is 28.9. The summed E-state index contributed by atoms with van der Waals surface area (Å²) in [6.07, 6.45) is 2.57. The smallest absolute Gasteiger partial charge is 0.301 e. The van der Waals surface area contributed by atoms with Gasteiger partial charge >= 0.3 is 5.92 Å². The molecule has 1 aliphatic rings. The molecule has 98 valence electrons. The highest BCUT2D eigenvalue weighted by Crippen LogP contribution is 2.62. The number of carbonyl (C=O) groups is 1. The first-order valence-electron chi connectivity index (χ1n) is 5.05. The lowest BCUT2D eigenvalue weighted by atomic mass is 10.4. The van der Waals surface area contributed by atoms with E-state index in [-0.39, 0.29) is 5.82 Å². The van der Waals surface area contributed by atoms with Crippen LogP contribution in [0.3, 0.4) is 0 Å². The summed E-state index contributed by atoms with van der Waals surface area (Å²) in [7, 11) is 0.977. The predicted molar refractivity (Wildman–Crippen MR) is 59.8 cm³/mol. The third kappa shape index (κ3) is 1.62. The van der Waals surface area contributed by atoms with Gasteiger partial charge in [-0.05, 0) is 15.9 Å². The highest BCUT2D eigenvalue weighted by molar-refractivity contribution is 9.10. The van der Waals surface area contributed by atoms with Gasteiger partial charge in [0.05, 0.1) is 10.4 Å². The second kappa shape index (κ2) is 3.91. The van der Waals surface area contributed by atoms with Crippen LogP contribution >= 0.6 is 15.9 Å². The standard InChI is InChI=1S/C10H9BrF3N3O/c1-5-9(12,13)10(5,14)17(2)8(18)7-15-3-6(11)4-16-7/h3-5H,1-2H3. The van der Waals surface area contributed by atoms with E-state index in [1.807, 2.05) is 0 Å². The van der Waals surface area contributed by atoms with Crippen LogP contribution in [-0.4, -0.2) is 39.5 Å². The van der Waals surface area contributed by atoms with Crippen molar-refractivity contribution in [2.45, 2.75) is 18.6 Å². The van der Waals surface area contributed by atoms with E-state index < -0.39 is 23.5 Å². The number of carbonyl (C=O) groups excluding carboxylic acids is 1. The molecule has 1 fully saturated rings. The molecule has 2 unspecified atom stereocenters. The van der Waals surface area contributed by atoms with Crippen molar-refractivity contribution in [3.63, 3.8) is 0 Å². The van der Waals surface area contributed by atoms with Crippen molar-refractivity contribution in [1.29, 1.82) is 0 Å². The summed E-state index contributed by atoms with van der Waals surface area (Å²) in [6, 6.07) is 0. The number of aromatic nitrogens is 2. The molecule has 1 amide bonds. The molecule has 4 nitrogen and oxygen atoms in total. The van der Waals surface area contributed by atoms with E-state index >= 15 is 0 Å². The average Bonchev–Trinajstić information content (AvgIpc) is 2.73. The Kier molecular flexibility index (Phi) is 2.88. The van der Waals surface area contributed by atoms with E-state index in [0.29, 0.717) is 9.37 Å². The minimum atomic E-state index is -3.53. The first-order valence-corrected chi connectivity index (χ1v) is 5.84. The van der Waals surface area contributed by atoms with Crippen LogP contribution in [0, 0.1) is 5.92 Å². The number of halogens is 4. The third-order valence-corrected chi connectivity index (χ3v) is 3.52. The van der Waals surface area contributed by atoms with Crippen molar-refractivity contribution >= 4 is 21.8 Å². The van der Waals surface area contributed by atoms with Crippen LogP contribution in [0.25, 0.3) is 0 Å². The van der Waals surface area contributed by atoms with E-state index in [4.69, 9.17) is 0 Å². The fraction of sp³-hybridized carbons (Fsp3) is 0.500. The Morgan fingerprint density at radius 2 is 1.83 bits per heavy atom. The molecule has 1 aromatic rings. The molecule has 0 aliphatic heterocycles. The molecular weight excluding hydrogens is 315 g/mol. The van der Waals surface area contributed by atoms with E-state index in [9.17, 15) is 18.0 Å². The Hall–Kier alpha value is -1.18. The fourth-order valence-corrected chi connectivity index (χ4v) is 1.96. The zero-order valence-corrected chi connectivity index (χ0v) is 11.1. The quantitative estimate of drug-likeness (QED) is 0.784. The van der Waals surface area contributed by atoms with Gasteiger partial charge in [-0.2, -0.15) is 0 Å². The number of rotatable bonds is 2. The maximum atomic E-state index is 14.0. The minimum Gasteiger partial charge on any atom is -0.301 e. The van der Waals surface area contributed by atoms with Crippen molar-refractivity contribution < 1.29 is 18.0 Å². The van der Waals surface area contributed by atoms with Gasteiger partial charge in [-0.3, -0.25) is 4.79 Å². The molecule has 1 aromatic heterocycles. The van der Waals surface area contributed by atoms with Gasteiger partial charge in [0.2, 0.25) is 5.82 Å². The number of nitrogens with zero attached hydrogens (tertiary/aromatic N) is 3. The Balaban J connectivity index is 2.23. The summed E-state index contributed by atoms with van der Waals surface area (Å²) in [6.45, 7) is 1.05. The summed E-state index contributed by atoms with van der Waals surface area (Å²) in [5, 5.41) is 0. The highest BCUT2D eigenvalue weighted by atomic mass is 79.9. The Morgan fingerprint density at radius 3 is 2.22 bits per heavy atom. The lowest BCUT2D eigenvalue weighted by Gasteiger charge is -2.21. The van der Waals surface area contributed by atoms with Crippen molar-refractivity contribution in [3.05, 3.63) is 22.7 Å².